The number of rotatable bonds is 5. The first-order valence-electron chi connectivity index (χ1n) is 28.9. The van der Waals surface area contributed by atoms with Gasteiger partial charge in [0.05, 0.1) is 28.4 Å². The van der Waals surface area contributed by atoms with Crippen molar-refractivity contribution in [1.29, 1.82) is 0 Å². The van der Waals surface area contributed by atoms with Crippen LogP contribution in [0.4, 0.5) is 45.5 Å². The number of fused-ring (bicyclic) bond motifs is 2. The summed E-state index contributed by atoms with van der Waals surface area (Å²) in [5.41, 5.74) is 20.8. The Morgan fingerprint density at radius 2 is 0.500 bits per heavy atom. The fourth-order valence-corrected chi connectivity index (χ4v) is 10.7. The Morgan fingerprint density at radius 1 is 0.269 bits per heavy atom. The van der Waals surface area contributed by atoms with Gasteiger partial charge in [0.2, 0.25) is 0 Å². The molecule has 78 heavy (non-hydrogen) atoms. The molecule has 2 aliphatic rings. The number of nitrogens with zero attached hydrogens (tertiary/aromatic N) is 8. The molecule has 0 bridgehead atoms. The maximum atomic E-state index is 5.54. The van der Waals surface area contributed by atoms with Crippen LogP contribution in [0.1, 0.15) is 234 Å². The summed E-state index contributed by atoms with van der Waals surface area (Å²) in [4.78, 5) is 32.8. The molecule has 418 valence electrons. The van der Waals surface area contributed by atoms with E-state index in [9.17, 15) is 0 Å². The van der Waals surface area contributed by atoms with E-state index < -0.39 is 12.3 Å². The van der Waals surface area contributed by atoms with Crippen molar-refractivity contribution in [3.8, 4) is 0 Å². The summed E-state index contributed by atoms with van der Waals surface area (Å²) in [6.07, 6.45) is 1.33. The summed E-state index contributed by atoms with van der Waals surface area (Å²) in [7, 11) is 0. The molecule has 2 aliphatic heterocycles. The molecule has 0 amide bonds. The fourth-order valence-electron chi connectivity index (χ4n) is 10.7. The zero-order valence-corrected chi connectivity index (χ0v) is 53.7. The Balaban J connectivity index is 1.68. The Kier molecular flexibility index (Phi) is 14.2. The van der Waals surface area contributed by atoms with E-state index in [0.29, 0.717) is 0 Å². The minimum atomic E-state index is -0.428. The van der Waals surface area contributed by atoms with E-state index >= 15 is 0 Å². The number of benzene rings is 2. The van der Waals surface area contributed by atoms with Crippen LogP contribution in [0.3, 0.4) is 0 Å². The van der Waals surface area contributed by atoms with Gasteiger partial charge in [-0.3, -0.25) is 19.9 Å². The van der Waals surface area contributed by atoms with Crippen LogP contribution in [-0.2, 0) is 43.3 Å². The molecule has 6 heterocycles. The van der Waals surface area contributed by atoms with Gasteiger partial charge in [-0.05, 0) is 128 Å². The normalized spacial score (nSPS) is 16.2. The molecule has 2 aromatic carbocycles. The van der Waals surface area contributed by atoms with Crippen molar-refractivity contribution >= 4 is 45.5 Å². The Labute approximate surface area is 472 Å². The maximum absolute atomic E-state index is 5.54. The van der Waals surface area contributed by atoms with Crippen LogP contribution < -0.4 is 19.6 Å². The molecule has 0 radical (unpaired) electrons. The van der Waals surface area contributed by atoms with Crippen molar-refractivity contribution in [3.63, 3.8) is 0 Å². The van der Waals surface area contributed by atoms with Crippen LogP contribution in [0.15, 0.2) is 72.9 Å². The zero-order chi connectivity index (χ0) is 58.3. The highest BCUT2D eigenvalue weighted by molar-refractivity contribution is 5.96. The highest BCUT2D eigenvalue weighted by atomic mass is 15.5. The van der Waals surface area contributed by atoms with Crippen LogP contribution >= 0.6 is 0 Å². The lowest BCUT2D eigenvalue weighted by atomic mass is 9.84. The third kappa shape index (κ3) is 11.0. The average molecular weight is 1050 g/mol. The molecule has 0 saturated carbocycles. The molecule has 0 saturated heterocycles. The third-order valence-corrected chi connectivity index (χ3v) is 16.1. The molecule has 1 unspecified atom stereocenters. The summed E-state index contributed by atoms with van der Waals surface area (Å²) in [5.74, 6) is 0. The molecular formula is C70H98N8. The summed E-state index contributed by atoms with van der Waals surface area (Å²) in [6.45, 7) is 64.4. The lowest BCUT2D eigenvalue weighted by Crippen LogP contribution is -2.58. The lowest BCUT2D eigenvalue weighted by molar-refractivity contribution is 0.515. The van der Waals surface area contributed by atoms with Crippen molar-refractivity contribution < 1.29 is 0 Å². The molecule has 0 spiro atoms. The summed E-state index contributed by atoms with van der Waals surface area (Å²) >= 11 is 0. The van der Waals surface area contributed by atoms with Gasteiger partial charge in [-0.15, -0.1) is 0 Å². The van der Waals surface area contributed by atoms with Crippen molar-refractivity contribution in [2.75, 3.05) is 19.6 Å². The van der Waals surface area contributed by atoms with Crippen LogP contribution in [0, 0.1) is 27.7 Å². The van der Waals surface area contributed by atoms with Gasteiger partial charge in [0.1, 0.15) is 0 Å². The second kappa shape index (κ2) is 18.9. The predicted molar refractivity (Wildman–Crippen MR) is 335 cm³/mol. The Bertz CT molecular complexity index is 3080. The zero-order valence-electron chi connectivity index (χ0n) is 53.7. The number of hydrogen-bond acceptors (Lipinski definition) is 8. The predicted octanol–water partition coefficient (Wildman–Crippen LogP) is 18.8. The van der Waals surface area contributed by atoms with Gasteiger partial charge in [0.15, 0.2) is 12.3 Å². The SMILES string of the molecule is Cc1cc2c(cc1C)N(c1cc(C(C)(C)C)nc(C(C)(C)C)c1)C(C1N(c3cc(C(C)(C)C)nc(C(C)(C)C)c3)c3cc(C)c(C)cc3N1c1cc(C(C)(C)C)ncc1C(C)(C)C)N2c1cc(C(C)(C)C)nc(C(C)(C)C)c1. The minimum absolute atomic E-state index is 0.232. The summed E-state index contributed by atoms with van der Waals surface area (Å²) in [6, 6.07) is 26.7. The Hall–Kier alpha value is -5.76. The molecular weight excluding hydrogens is 953 g/mol. The Morgan fingerprint density at radius 3 is 0.731 bits per heavy atom. The standard InChI is InChI=1S/C70H98N8/c1-41-29-50-51(30-42(41)2)76(46-35-57(67(17,18)19)73-58(36-46)68(20,21)22)61(75(50)45-33-55(65(11,12)13)72-56(34-45)66(14,15)16)62-77(47-37-59(69(23,24)25)74-60(38-47)70(26,27)28)52-31-43(3)44(4)32-53(52)78(62)49-39-54(64(8,9)10)71-40-48(49)63(5,6)7/h29-40,61-62H,1-28H3. The van der Waals surface area contributed by atoms with Crippen LogP contribution in [0.2, 0.25) is 0 Å². The summed E-state index contributed by atoms with van der Waals surface area (Å²) < 4.78 is 0. The first kappa shape index (κ1) is 58.4. The summed E-state index contributed by atoms with van der Waals surface area (Å²) in [5, 5.41) is 0. The van der Waals surface area contributed by atoms with Gasteiger partial charge >= 0.3 is 0 Å². The van der Waals surface area contributed by atoms with Crippen molar-refractivity contribution in [1.82, 2.24) is 19.9 Å². The number of hydrogen-bond donors (Lipinski definition) is 0. The number of aromatic nitrogens is 4. The molecule has 8 heteroatoms. The molecule has 0 N–H and O–H groups in total. The molecule has 4 aromatic heterocycles. The molecule has 6 aromatic rings. The topological polar surface area (TPSA) is 64.5 Å². The highest BCUT2D eigenvalue weighted by Crippen LogP contribution is 2.59. The third-order valence-electron chi connectivity index (χ3n) is 16.1. The minimum Gasteiger partial charge on any atom is -0.314 e. The van der Waals surface area contributed by atoms with Crippen molar-refractivity contribution in [2.45, 2.75) is 250 Å². The maximum Gasteiger partial charge on any atom is 0.151 e. The van der Waals surface area contributed by atoms with Gasteiger partial charge in [0, 0.05) is 101 Å². The quantitative estimate of drug-likeness (QED) is 0.169. The largest absolute Gasteiger partial charge is 0.314 e. The van der Waals surface area contributed by atoms with E-state index in [0.717, 1.165) is 85.4 Å². The molecule has 8 rings (SSSR count). The lowest BCUT2D eigenvalue weighted by Gasteiger charge is -2.46. The first-order valence-corrected chi connectivity index (χ1v) is 28.9. The van der Waals surface area contributed by atoms with Crippen LogP contribution in [0.25, 0.3) is 0 Å². The van der Waals surface area contributed by atoms with Gasteiger partial charge in [-0.1, -0.05) is 166 Å². The van der Waals surface area contributed by atoms with E-state index in [1.807, 2.05) is 0 Å². The van der Waals surface area contributed by atoms with Crippen molar-refractivity contribution in [2.24, 2.45) is 0 Å². The first-order chi connectivity index (χ1) is 35.4. The molecule has 8 nitrogen and oxygen atoms in total. The number of pyridine rings is 4. The molecule has 1 atom stereocenters. The van der Waals surface area contributed by atoms with Crippen LogP contribution in [0.5, 0.6) is 0 Å². The van der Waals surface area contributed by atoms with Crippen LogP contribution in [-0.4, -0.2) is 32.3 Å². The average Bonchev–Trinajstić information content (AvgIpc) is 3.95. The van der Waals surface area contributed by atoms with Crippen molar-refractivity contribution in [3.05, 3.63) is 141 Å². The van der Waals surface area contributed by atoms with Gasteiger partial charge in [0.25, 0.3) is 0 Å². The number of anilines is 8. The second-order valence-corrected chi connectivity index (χ2v) is 31.5. The van der Waals surface area contributed by atoms with E-state index in [-0.39, 0.29) is 43.3 Å². The number of aryl methyl sites for hydroxylation is 4. The smallest absolute Gasteiger partial charge is 0.151 e. The van der Waals surface area contributed by atoms with Gasteiger partial charge in [-0.2, -0.15) is 0 Å². The highest BCUT2D eigenvalue weighted by Gasteiger charge is 2.54. The van der Waals surface area contributed by atoms with Gasteiger partial charge < -0.3 is 19.6 Å². The van der Waals surface area contributed by atoms with E-state index in [1.54, 1.807) is 0 Å². The second-order valence-electron chi connectivity index (χ2n) is 31.5. The fraction of sp³-hybridized carbons (Fsp3) is 0.543. The van der Waals surface area contributed by atoms with E-state index in [4.69, 9.17) is 19.9 Å². The van der Waals surface area contributed by atoms with Gasteiger partial charge in [-0.25, -0.2) is 0 Å². The van der Waals surface area contributed by atoms with E-state index in [1.165, 1.54) is 27.8 Å². The monoisotopic (exact) mass is 1050 g/mol. The molecule has 0 fully saturated rings. The molecule has 0 aliphatic carbocycles. The van der Waals surface area contributed by atoms with E-state index in [2.05, 4.69) is 286 Å².